The average molecular weight is 278 g/mol. The minimum Gasteiger partial charge on any atom is -0.328 e. The third kappa shape index (κ3) is 2.73. The van der Waals surface area contributed by atoms with Gasteiger partial charge in [-0.2, -0.15) is 5.10 Å². The lowest BCUT2D eigenvalue weighted by Crippen LogP contribution is -2.52. The van der Waals surface area contributed by atoms with Crippen LogP contribution >= 0.6 is 0 Å². The number of carbonyl (C=O) groups is 1. The van der Waals surface area contributed by atoms with E-state index in [-0.39, 0.29) is 23.5 Å². The van der Waals surface area contributed by atoms with E-state index in [1.54, 1.807) is 6.20 Å². The molecule has 5 heteroatoms. The maximum atomic E-state index is 12.6. The van der Waals surface area contributed by atoms with Gasteiger partial charge in [0, 0.05) is 30.7 Å². The van der Waals surface area contributed by atoms with Crippen molar-refractivity contribution in [2.75, 3.05) is 0 Å². The van der Waals surface area contributed by atoms with E-state index in [2.05, 4.69) is 32.8 Å². The van der Waals surface area contributed by atoms with E-state index >= 15 is 0 Å². The summed E-state index contributed by atoms with van der Waals surface area (Å²) in [4.78, 5) is 14.5. The molecule has 2 heterocycles. The monoisotopic (exact) mass is 278 g/mol. The lowest BCUT2D eigenvalue weighted by atomic mass is 9.95. The highest BCUT2D eigenvalue weighted by molar-refractivity contribution is 5.78. The molecule has 0 aromatic carbocycles. The van der Waals surface area contributed by atoms with Gasteiger partial charge in [0.05, 0.1) is 11.7 Å². The van der Waals surface area contributed by atoms with E-state index in [4.69, 9.17) is 5.73 Å². The van der Waals surface area contributed by atoms with Crippen LogP contribution in [0.4, 0.5) is 0 Å². The molecule has 1 aliphatic heterocycles. The molecular weight excluding hydrogens is 252 g/mol. The van der Waals surface area contributed by atoms with E-state index in [1.807, 2.05) is 15.6 Å². The molecule has 1 aromatic heterocycles. The van der Waals surface area contributed by atoms with Crippen LogP contribution in [0.3, 0.4) is 0 Å². The van der Waals surface area contributed by atoms with Crippen LogP contribution in [0, 0.1) is 0 Å². The first-order valence-electron chi connectivity index (χ1n) is 7.45. The van der Waals surface area contributed by atoms with E-state index in [1.165, 1.54) is 0 Å². The summed E-state index contributed by atoms with van der Waals surface area (Å²) in [6.07, 6.45) is 4.12. The number of amides is 1. The normalized spacial score (nSPS) is 24.9. The molecular formula is C15H26N4O. The van der Waals surface area contributed by atoms with Crippen molar-refractivity contribution in [3.05, 3.63) is 18.0 Å². The molecule has 20 heavy (non-hydrogen) atoms. The van der Waals surface area contributed by atoms with Crippen LogP contribution in [-0.4, -0.2) is 32.2 Å². The highest BCUT2D eigenvalue weighted by atomic mass is 16.2. The van der Waals surface area contributed by atoms with Gasteiger partial charge in [0.25, 0.3) is 0 Å². The quantitative estimate of drug-likeness (QED) is 0.901. The zero-order valence-electron chi connectivity index (χ0n) is 13.0. The van der Waals surface area contributed by atoms with Crippen molar-refractivity contribution < 1.29 is 4.79 Å². The first-order valence-corrected chi connectivity index (χ1v) is 7.45. The van der Waals surface area contributed by atoms with Gasteiger partial charge in [0.1, 0.15) is 0 Å². The predicted octanol–water partition coefficient (Wildman–Crippen LogP) is 2.08. The van der Waals surface area contributed by atoms with Gasteiger partial charge in [-0.3, -0.25) is 9.48 Å². The average Bonchev–Trinajstić information content (AvgIpc) is 2.75. The first-order chi connectivity index (χ1) is 9.36. The summed E-state index contributed by atoms with van der Waals surface area (Å²) in [7, 11) is 0. The highest BCUT2D eigenvalue weighted by Gasteiger charge is 2.40. The van der Waals surface area contributed by atoms with Crippen LogP contribution in [0.2, 0.25) is 0 Å². The molecule has 0 radical (unpaired) electrons. The summed E-state index contributed by atoms with van der Waals surface area (Å²) in [5, 5.41) is 4.34. The summed E-state index contributed by atoms with van der Waals surface area (Å²) < 4.78 is 1.95. The summed E-state index contributed by atoms with van der Waals surface area (Å²) in [6, 6.07) is 1.86. The Morgan fingerprint density at radius 1 is 1.45 bits per heavy atom. The number of rotatable bonds is 2. The number of carbonyl (C=O) groups excluding carboxylic acids is 1. The lowest BCUT2D eigenvalue weighted by molar-refractivity contribution is -0.139. The Morgan fingerprint density at radius 2 is 2.15 bits per heavy atom. The van der Waals surface area contributed by atoms with Crippen LogP contribution in [0.25, 0.3) is 0 Å². The second kappa shape index (κ2) is 5.56. The molecule has 0 spiro atoms. The lowest BCUT2D eigenvalue weighted by Gasteiger charge is -2.43. The van der Waals surface area contributed by atoms with Crippen molar-refractivity contribution >= 4 is 5.91 Å². The summed E-state index contributed by atoms with van der Waals surface area (Å²) >= 11 is 0. The maximum absolute atomic E-state index is 12.6. The van der Waals surface area contributed by atoms with Crippen LogP contribution in [0.5, 0.6) is 0 Å². The molecule has 0 aliphatic carbocycles. The second-order valence-corrected chi connectivity index (χ2v) is 6.51. The number of nitrogens with two attached hydrogens (primary N) is 1. The van der Waals surface area contributed by atoms with E-state index in [0.717, 1.165) is 25.1 Å². The van der Waals surface area contributed by atoms with Crippen molar-refractivity contribution in [3.8, 4) is 0 Å². The van der Waals surface area contributed by atoms with Crippen molar-refractivity contribution in [2.24, 2.45) is 5.73 Å². The van der Waals surface area contributed by atoms with Crippen LogP contribution < -0.4 is 5.73 Å². The van der Waals surface area contributed by atoms with Gasteiger partial charge >= 0.3 is 0 Å². The summed E-state index contributed by atoms with van der Waals surface area (Å²) in [6.45, 7) is 9.06. The fourth-order valence-electron chi connectivity index (χ4n) is 3.12. The molecule has 1 aromatic rings. The Bertz CT molecular complexity index is 474. The maximum Gasteiger partial charge on any atom is 0.223 e. The van der Waals surface area contributed by atoms with Crippen LogP contribution in [0.1, 0.15) is 58.7 Å². The Kier molecular flexibility index (Phi) is 4.18. The third-order valence-corrected chi connectivity index (χ3v) is 3.96. The molecule has 112 valence electrons. The smallest absolute Gasteiger partial charge is 0.223 e. The fourth-order valence-corrected chi connectivity index (χ4v) is 3.12. The van der Waals surface area contributed by atoms with Crippen LogP contribution in [-0.2, 0) is 11.3 Å². The molecule has 1 amide bonds. The van der Waals surface area contributed by atoms with E-state index in [9.17, 15) is 4.79 Å². The van der Waals surface area contributed by atoms with E-state index in [0.29, 0.717) is 6.42 Å². The molecule has 1 fully saturated rings. The zero-order chi connectivity index (χ0) is 14.9. The molecule has 1 aliphatic rings. The van der Waals surface area contributed by atoms with E-state index < -0.39 is 0 Å². The molecule has 2 unspecified atom stereocenters. The molecule has 1 saturated heterocycles. The SMILES string of the molecule is CCn1nccc1C1C(N)CCCC(=O)N1C(C)(C)C. The van der Waals surface area contributed by atoms with Gasteiger partial charge in [-0.1, -0.05) is 0 Å². The molecule has 2 atom stereocenters. The minimum absolute atomic E-state index is 0.0392. The Morgan fingerprint density at radius 3 is 2.75 bits per heavy atom. The van der Waals surface area contributed by atoms with Crippen molar-refractivity contribution in [2.45, 2.75) is 71.1 Å². The van der Waals surface area contributed by atoms with Gasteiger partial charge in [-0.15, -0.1) is 0 Å². The fraction of sp³-hybridized carbons (Fsp3) is 0.733. The number of aryl methyl sites for hydroxylation is 1. The number of hydrogen-bond donors (Lipinski definition) is 1. The minimum atomic E-state index is -0.244. The Balaban J connectivity index is 2.50. The molecule has 2 rings (SSSR count). The Labute approximate surface area is 121 Å². The molecule has 5 nitrogen and oxygen atoms in total. The molecule has 2 N–H and O–H groups in total. The van der Waals surface area contributed by atoms with Gasteiger partial charge in [-0.05, 0) is 46.6 Å². The number of aromatic nitrogens is 2. The molecule has 0 saturated carbocycles. The van der Waals surface area contributed by atoms with Crippen molar-refractivity contribution in [3.63, 3.8) is 0 Å². The second-order valence-electron chi connectivity index (χ2n) is 6.51. The zero-order valence-corrected chi connectivity index (χ0v) is 13.0. The van der Waals surface area contributed by atoms with Gasteiger partial charge in [0.15, 0.2) is 0 Å². The molecule has 0 bridgehead atoms. The number of hydrogen-bond acceptors (Lipinski definition) is 3. The number of likely N-dealkylation sites (tertiary alicyclic amines) is 1. The first kappa shape index (κ1) is 15.0. The van der Waals surface area contributed by atoms with Crippen LogP contribution in [0.15, 0.2) is 12.3 Å². The van der Waals surface area contributed by atoms with Crippen molar-refractivity contribution in [1.29, 1.82) is 0 Å². The van der Waals surface area contributed by atoms with Gasteiger partial charge < -0.3 is 10.6 Å². The predicted molar refractivity (Wildman–Crippen MR) is 79.1 cm³/mol. The summed E-state index contributed by atoms with van der Waals surface area (Å²) in [5.41, 5.74) is 7.21. The largest absolute Gasteiger partial charge is 0.328 e. The summed E-state index contributed by atoms with van der Waals surface area (Å²) in [5.74, 6) is 0.194. The topological polar surface area (TPSA) is 64.2 Å². The van der Waals surface area contributed by atoms with Crippen molar-refractivity contribution in [1.82, 2.24) is 14.7 Å². The number of nitrogens with zero attached hydrogens (tertiary/aromatic N) is 3. The highest BCUT2D eigenvalue weighted by Crippen LogP contribution is 2.35. The standard InChI is InChI=1S/C15H26N4O/c1-5-18-12(9-10-17-18)14-11(16)7-6-8-13(20)19(14)15(2,3)4/h9-11,14H,5-8,16H2,1-4H3. The van der Waals surface area contributed by atoms with Gasteiger partial charge in [0.2, 0.25) is 5.91 Å². The van der Waals surface area contributed by atoms with Gasteiger partial charge in [-0.25, -0.2) is 0 Å². The Hall–Kier alpha value is -1.36. The third-order valence-electron chi connectivity index (χ3n) is 3.96.